The van der Waals surface area contributed by atoms with Gasteiger partial charge in [0.1, 0.15) is 11.4 Å². The smallest absolute Gasteiger partial charge is 0.150 e. The summed E-state index contributed by atoms with van der Waals surface area (Å²) in [6.45, 7) is 0.160. The summed E-state index contributed by atoms with van der Waals surface area (Å²) in [5, 5.41) is 19.6. The Bertz CT molecular complexity index is 450. The van der Waals surface area contributed by atoms with Gasteiger partial charge in [0.15, 0.2) is 5.82 Å². The highest BCUT2D eigenvalue weighted by Gasteiger charge is 2.01. The van der Waals surface area contributed by atoms with E-state index in [0.717, 1.165) is 12.6 Å². The van der Waals surface area contributed by atoms with Gasteiger partial charge in [0.25, 0.3) is 0 Å². The van der Waals surface area contributed by atoms with Gasteiger partial charge in [-0.25, -0.2) is 9.37 Å². The molecular formula is C12H13FN2O2. The molecule has 0 saturated carbocycles. The third-order valence-electron chi connectivity index (χ3n) is 1.98. The summed E-state index contributed by atoms with van der Waals surface area (Å²) in [5.74, 6) is 5.09. The van der Waals surface area contributed by atoms with Crippen LogP contribution in [0.3, 0.4) is 0 Å². The third kappa shape index (κ3) is 4.62. The van der Waals surface area contributed by atoms with E-state index in [1.54, 1.807) is 0 Å². The van der Waals surface area contributed by atoms with Crippen LogP contribution in [0.25, 0.3) is 0 Å². The number of hydrogen-bond donors (Lipinski definition) is 2. The number of nitrogens with zero attached hydrogens (tertiary/aromatic N) is 2. The summed E-state index contributed by atoms with van der Waals surface area (Å²) >= 11 is 0. The van der Waals surface area contributed by atoms with E-state index >= 15 is 0 Å². The van der Waals surface area contributed by atoms with E-state index in [1.807, 2.05) is 0 Å². The van der Waals surface area contributed by atoms with Crippen molar-refractivity contribution in [3.8, 4) is 11.8 Å². The maximum absolute atomic E-state index is 13.1. The maximum Gasteiger partial charge on any atom is 0.150 e. The molecule has 1 aromatic rings. The van der Waals surface area contributed by atoms with Crippen molar-refractivity contribution >= 4 is 6.21 Å². The zero-order valence-electron chi connectivity index (χ0n) is 9.23. The molecule has 0 bridgehead atoms. The number of halogens is 1. The Balaban J connectivity index is 2.68. The van der Waals surface area contributed by atoms with Gasteiger partial charge in [-0.15, -0.1) is 0 Å². The molecule has 1 heterocycles. The quantitative estimate of drug-likeness (QED) is 0.274. The molecule has 0 saturated heterocycles. The molecule has 5 heteroatoms. The average Bonchev–Trinajstić information content (AvgIpc) is 2.33. The summed E-state index contributed by atoms with van der Waals surface area (Å²) in [6, 6.07) is 2.69. The van der Waals surface area contributed by atoms with E-state index in [-0.39, 0.29) is 12.3 Å². The Morgan fingerprint density at radius 1 is 1.41 bits per heavy atom. The lowest BCUT2D eigenvalue weighted by atomic mass is 10.2. The standard InChI is InChI=1S/C12H13FN2O2/c13-11-7-6-10(15-12(11)9-14-17)5-3-1-2-4-8-16/h6-7,9,16-17H,1-2,4,8H2/b14-9-. The SMILES string of the molecule is OCCCCC#Cc1ccc(F)c(/C=N\O)n1. The van der Waals surface area contributed by atoms with Crippen molar-refractivity contribution in [3.05, 3.63) is 29.3 Å². The Labute approximate surface area is 98.8 Å². The number of aliphatic hydroxyl groups is 1. The number of rotatable bonds is 4. The fraction of sp³-hybridized carbons (Fsp3) is 0.333. The van der Waals surface area contributed by atoms with Gasteiger partial charge in [-0.3, -0.25) is 0 Å². The normalized spacial score (nSPS) is 10.2. The second kappa shape index (κ2) is 7.36. The first-order chi connectivity index (χ1) is 8.27. The van der Waals surface area contributed by atoms with Crippen molar-refractivity contribution in [2.75, 3.05) is 6.61 Å². The minimum Gasteiger partial charge on any atom is -0.411 e. The number of unbranched alkanes of at least 4 members (excludes halogenated alkanes) is 2. The van der Waals surface area contributed by atoms with E-state index in [0.29, 0.717) is 18.5 Å². The van der Waals surface area contributed by atoms with Gasteiger partial charge in [-0.1, -0.05) is 11.1 Å². The number of pyridine rings is 1. The van der Waals surface area contributed by atoms with Crippen LogP contribution < -0.4 is 0 Å². The second-order valence-corrected chi connectivity index (χ2v) is 3.29. The van der Waals surface area contributed by atoms with Gasteiger partial charge >= 0.3 is 0 Å². The molecule has 17 heavy (non-hydrogen) atoms. The highest BCUT2D eigenvalue weighted by Crippen LogP contribution is 2.03. The first-order valence-electron chi connectivity index (χ1n) is 5.21. The molecule has 0 fully saturated rings. The number of hydrogen-bond acceptors (Lipinski definition) is 4. The number of aromatic nitrogens is 1. The summed E-state index contributed by atoms with van der Waals surface area (Å²) in [7, 11) is 0. The molecule has 0 unspecified atom stereocenters. The van der Waals surface area contributed by atoms with Gasteiger partial charge in [-0.2, -0.15) is 0 Å². The predicted molar refractivity (Wildman–Crippen MR) is 61.4 cm³/mol. The van der Waals surface area contributed by atoms with Gasteiger partial charge in [0, 0.05) is 13.0 Å². The van der Waals surface area contributed by atoms with Crippen molar-refractivity contribution in [2.45, 2.75) is 19.3 Å². The molecule has 4 nitrogen and oxygen atoms in total. The fourth-order valence-electron chi connectivity index (χ4n) is 1.15. The van der Waals surface area contributed by atoms with Gasteiger partial charge < -0.3 is 10.3 Å². The van der Waals surface area contributed by atoms with Crippen molar-refractivity contribution in [2.24, 2.45) is 5.16 Å². The van der Waals surface area contributed by atoms with Crippen molar-refractivity contribution in [3.63, 3.8) is 0 Å². The summed E-state index contributed by atoms with van der Waals surface area (Å²) in [4.78, 5) is 3.87. The summed E-state index contributed by atoms with van der Waals surface area (Å²) in [6.07, 6.45) is 3.11. The first kappa shape index (κ1) is 13.1. The Morgan fingerprint density at radius 3 is 2.94 bits per heavy atom. The van der Waals surface area contributed by atoms with E-state index in [1.165, 1.54) is 12.1 Å². The van der Waals surface area contributed by atoms with E-state index in [2.05, 4.69) is 22.0 Å². The monoisotopic (exact) mass is 236 g/mol. The molecule has 0 aliphatic heterocycles. The van der Waals surface area contributed by atoms with Crippen molar-refractivity contribution in [1.82, 2.24) is 4.98 Å². The molecule has 1 rings (SSSR count). The van der Waals surface area contributed by atoms with E-state index < -0.39 is 5.82 Å². The lowest BCUT2D eigenvalue weighted by Gasteiger charge is -1.95. The minimum absolute atomic E-state index is 0.0466. The second-order valence-electron chi connectivity index (χ2n) is 3.29. The van der Waals surface area contributed by atoms with E-state index in [9.17, 15) is 4.39 Å². The lowest BCUT2D eigenvalue weighted by molar-refractivity contribution is 0.285. The van der Waals surface area contributed by atoms with Crippen LogP contribution in [-0.2, 0) is 0 Å². The van der Waals surface area contributed by atoms with Crippen molar-refractivity contribution in [1.29, 1.82) is 0 Å². The molecule has 0 aliphatic carbocycles. The highest BCUT2D eigenvalue weighted by molar-refractivity contribution is 5.76. The molecule has 0 aliphatic rings. The molecule has 0 aromatic carbocycles. The van der Waals surface area contributed by atoms with Crippen LogP contribution in [0.1, 0.15) is 30.7 Å². The van der Waals surface area contributed by atoms with Gasteiger partial charge in [0.05, 0.1) is 6.21 Å². The zero-order chi connectivity index (χ0) is 12.5. The topological polar surface area (TPSA) is 65.7 Å². The fourth-order valence-corrected chi connectivity index (χ4v) is 1.15. The van der Waals surface area contributed by atoms with Gasteiger partial charge in [-0.05, 0) is 30.9 Å². The van der Waals surface area contributed by atoms with Crippen LogP contribution in [0.5, 0.6) is 0 Å². The van der Waals surface area contributed by atoms with Crippen LogP contribution in [0.15, 0.2) is 17.3 Å². The molecule has 0 radical (unpaired) electrons. The average molecular weight is 236 g/mol. The van der Waals surface area contributed by atoms with Crippen LogP contribution >= 0.6 is 0 Å². The summed E-state index contributed by atoms with van der Waals surface area (Å²) in [5.41, 5.74) is 0.375. The van der Waals surface area contributed by atoms with E-state index in [4.69, 9.17) is 10.3 Å². The molecule has 0 spiro atoms. The van der Waals surface area contributed by atoms with Crippen LogP contribution in [-0.4, -0.2) is 28.1 Å². The molecule has 0 amide bonds. The molecule has 90 valence electrons. The van der Waals surface area contributed by atoms with Crippen molar-refractivity contribution < 1.29 is 14.7 Å². The Morgan fingerprint density at radius 2 is 2.24 bits per heavy atom. The lowest BCUT2D eigenvalue weighted by Crippen LogP contribution is -1.95. The maximum atomic E-state index is 13.1. The minimum atomic E-state index is -0.561. The van der Waals surface area contributed by atoms with Crippen LogP contribution in [0.2, 0.25) is 0 Å². The van der Waals surface area contributed by atoms with Crippen LogP contribution in [0, 0.1) is 17.7 Å². The Kier molecular flexibility index (Phi) is 5.69. The molecule has 1 aromatic heterocycles. The van der Waals surface area contributed by atoms with Crippen LogP contribution in [0.4, 0.5) is 4.39 Å². The number of oxime groups is 1. The molecular weight excluding hydrogens is 223 g/mol. The third-order valence-corrected chi connectivity index (χ3v) is 1.98. The highest BCUT2D eigenvalue weighted by atomic mass is 19.1. The largest absolute Gasteiger partial charge is 0.411 e. The first-order valence-corrected chi connectivity index (χ1v) is 5.21. The number of aliphatic hydroxyl groups excluding tert-OH is 1. The molecule has 0 atom stereocenters. The summed E-state index contributed by atoms with van der Waals surface area (Å²) < 4.78 is 13.1. The Hall–Kier alpha value is -1.93. The molecule has 2 N–H and O–H groups in total. The zero-order valence-corrected chi connectivity index (χ0v) is 9.23. The van der Waals surface area contributed by atoms with Gasteiger partial charge in [0.2, 0.25) is 0 Å². The predicted octanol–water partition coefficient (Wildman–Crippen LogP) is 1.54.